The lowest BCUT2D eigenvalue weighted by atomic mass is 10.0. The molecular weight excluding hydrogens is 306 g/mol. The summed E-state index contributed by atoms with van der Waals surface area (Å²) in [5.41, 5.74) is 4.13. The van der Waals surface area contributed by atoms with Crippen molar-refractivity contribution in [3.8, 4) is 11.1 Å². The summed E-state index contributed by atoms with van der Waals surface area (Å²) in [4.78, 5) is 29.2. The first-order valence-electron chi connectivity index (χ1n) is 7.91. The Morgan fingerprint density at radius 1 is 1.38 bits per heavy atom. The highest BCUT2D eigenvalue weighted by molar-refractivity contribution is 5.94. The number of nitrogens with one attached hydrogen (secondary N) is 1. The number of ether oxygens (including phenoxy) is 1. The highest BCUT2D eigenvalue weighted by Gasteiger charge is 2.47. The molecule has 122 valence electrons. The van der Waals surface area contributed by atoms with Crippen LogP contribution in [0.4, 0.5) is 10.5 Å². The molecule has 2 aromatic rings. The molecule has 0 spiro atoms. The quantitative estimate of drug-likeness (QED) is 0.939. The Hall–Kier alpha value is -2.89. The fourth-order valence-electron chi connectivity index (χ4n) is 3.41. The highest BCUT2D eigenvalue weighted by Crippen LogP contribution is 2.40. The zero-order valence-electron chi connectivity index (χ0n) is 13.2. The number of aromatic nitrogens is 1. The van der Waals surface area contributed by atoms with Crippen LogP contribution in [0, 0.1) is 0 Å². The van der Waals surface area contributed by atoms with Crippen molar-refractivity contribution in [3.05, 3.63) is 48.3 Å². The van der Waals surface area contributed by atoms with Crippen molar-refractivity contribution in [1.29, 1.82) is 0 Å². The number of nitrogens with zero attached hydrogens (tertiary/aromatic N) is 2. The third-order valence-corrected chi connectivity index (χ3v) is 4.52. The van der Waals surface area contributed by atoms with E-state index < -0.39 is 0 Å². The van der Waals surface area contributed by atoms with Crippen molar-refractivity contribution < 1.29 is 14.3 Å². The molecule has 0 bridgehead atoms. The van der Waals surface area contributed by atoms with Crippen molar-refractivity contribution in [2.24, 2.45) is 0 Å². The SMILES string of the molecule is CC(=O)NCC1OC(=O)N2c3ccc(-c4cccnc4)cc3CC12. The number of cyclic esters (lactones) is 1. The Labute approximate surface area is 139 Å². The molecule has 0 radical (unpaired) electrons. The standard InChI is InChI=1S/C18H17N3O3/c1-11(22)20-10-17-16-8-14-7-12(13-3-2-6-19-9-13)4-5-15(14)21(16)18(23)24-17/h2-7,9,16-17H,8,10H2,1H3,(H,20,22). The zero-order chi connectivity index (χ0) is 16.7. The van der Waals surface area contributed by atoms with Crippen LogP contribution in [0.2, 0.25) is 0 Å². The molecule has 1 saturated heterocycles. The first-order chi connectivity index (χ1) is 11.6. The number of carbonyl (C=O) groups excluding carboxylic acids is 2. The van der Waals surface area contributed by atoms with Gasteiger partial charge in [0.05, 0.1) is 18.3 Å². The van der Waals surface area contributed by atoms with Gasteiger partial charge in [0.2, 0.25) is 5.91 Å². The van der Waals surface area contributed by atoms with Crippen LogP contribution in [-0.2, 0) is 16.0 Å². The van der Waals surface area contributed by atoms with E-state index in [4.69, 9.17) is 4.74 Å². The van der Waals surface area contributed by atoms with Crippen LogP contribution >= 0.6 is 0 Å². The van der Waals surface area contributed by atoms with Crippen LogP contribution in [-0.4, -0.2) is 35.7 Å². The Balaban J connectivity index is 1.62. The molecule has 1 N–H and O–H groups in total. The minimum atomic E-state index is -0.344. The number of fused-ring (bicyclic) bond motifs is 3. The fraction of sp³-hybridized carbons (Fsp3) is 0.278. The van der Waals surface area contributed by atoms with E-state index in [2.05, 4.69) is 16.4 Å². The van der Waals surface area contributed by atoms with Crippen molar-refractivity contribution in [2.45, 2.75) is 25.5 Å². The molecule has 4 rings (SSSR count). The van der Waals surface area contributed by atoms with Gasteiger partial charge in [-0.3, -0.25) is 14.7 Å². The fourth-order valence-corrected chi connectivity index (χ4v) is 3.41. The number of rotatable bonds is 3. The van der Waals surface area contributed by atoms with Gasteiger partial charge in [-0.05, 0) is 41.3 Å². The number of amides is 2. The van der Waals surface area contributed by atoms with Crippen LogP contribution < -0.4 is 10.2 Å². The topological polar surface area (TPSA) is 71.5 Å². The summed E-state index contributed by atoms with van der Waals surface area (Å²) in [7, 11) is 0. The molecule has 2 amide bonds. The van der Waals surface area contributed by atoms with E-state index in [0.29, 0.717) is 6.54 Å². The lowest BCUT2D eigenvalue weighted by Gasteiger charge is -2.16. The van der Waals surface area contributed by atoms with Crippen molar-refractivity contribution >= 4 is 17.7 Å². The van der Waals surface area contributed by atoms with Gasteiger partial charge in [-0.1, -0.05) is 12.1 Å². The van der Waals surface area contributed by atoms with Crippen LogP contribution in [0.5, 0.6) is 0 Å². The number of anilines is 1. The maximum atomic E-state index is 12.2. The second-order valence-corrected chi connectivity index (χ2v) is 6.09. The lowest BCUT2D eigenvalue weighted by molar-refractivity contribution is -0.119. The first kappa shape index (κ1) is 14.7. The maximum Gasteiger partial charge on any atom is 0.415 e. The summed E-state index contributed by atoms with van der Waals surface area (Å²) in [6, 6.07) is 9.91. The van der Waals surface area contributed by atoms with E-state index >= 15 is 0 Å². The van der Waals surface area contributed by atoms with Crippen LogP contribution in [0.3, 0.4) is 0 Å². The van der Waals surface area contributed by atoms with Gasteiger partial charge in [-0.15, -0.1) is 0 Å². The minimum absolute atomic E-state index is 0.0662. The Bertz CT molecular complexity index is 806. The number of pyridine rings is 1. The molecule has 2 aliphatic heterocycles. The summed E-state index contributed by atoms with van der Waals surface area (Å²) in [6.07, 6.45) is 3.62. The molecule has 0 saturated carbocycles. The van der Waals surface area contributed by atoms with E-state index in [9.17, 15) is 9.59 Å². The number of hydrogen-bond donors (Lipinski definition) is 1. The second kappa shape index (κ2) is 5.63. The van der Waals surface area contributed by atoms with E-state index in [0.717, 1.165) is 28.8 Å². The molecule has 2 atom stereocenters. The normalized spacial score (nSPS) is 21.2. The molecular formula is C18H17N3O3. The van der Waals surface area contributed by atoms with Gasteiger partial charge in [0.15, 0.2) is 0 Å². The lowest BCUT2D eigenvalue weighted by Crippen LogP contribution is -2.40. The van der Waals surface area contributed by atoms with Crippen LogP contribution in [0.25, 0.3) is 11.1 Å². The smallest absolute Gasteiger partial charge is 0.415 e. The molecule has 2 aliphatic rings. The van der Waals surface area contributed by atoms with E-state index in [1.165, 1.54) is 6.92 Å². The monoisotopic (exact) mass is 323 g/mol. The molecule has 24 heavy (non-hydrogen) atoms. The predicted octanol–water partition coefficient (Wildman–Crippen LogP) is 2.13. The summed E-state index contributed by atoms with van der Waals surface area (Å²) in [5.74, 6) is -0.126. The summed E-state index contributed by atoms with van der Waals surface area (Å²) in [6.45, 7) is 1.80. The van der Waals surface area contributed by atoms with Crippen LogP contribution in [0.1, 0.15) is 12.5 Å². The Kier molecular flexibility index (Phi) is 3.45. The average Bonchev–Trinajstić information content (AvgIpc) is 3.11. The highest BCUT2D eigenvalue weighted by atomic mass is 16.6. The third-order valence-electron chi connectivity index (χ3n) is 4.52. The molecule has 6 nitrogen and oxygen atoms in total. The average molecular weight is 323 g/mol. The number of hydrogen-bond acceptors (Lipinski definition) is 4. The summed E-state index contributed by atoms with van der Waals surface area (Å²) >= 11 is 0. The molecule has 1 aromatic heterocycles. The molecule has 6 heteroatoms. The molecule has 1 fully saturated rings. The number of carbonyl (C=O) groups is 2. The third kappa shape index (κ3) is 2.40. The second-order valence-electron chi connectivity index (χ2n) is 6.09. The predicted molar refractivity (Wildman–Crippen MR) is 88.6 cm³/mol. The van der Waals surface area contributed by atoms with E-state index in [1.807, 2.05) is 30.5 Å². The molecule has 2 unspecified atom stereocenters. The molecule has 0 aliphatic carbocycles. The maximum absolute atomic E-state index is 12.2. The van der Waals surface area contributed by atoms with Gasteiger partial charge >= 0.3 is 6.09 Å². The van der Waals surface area contributed by atoms with Crippen molar-refractivity contribution in [1.82, 2.24) is 10.3 Å². The zero-order valence-corrected chi connectivity index (χ0v) is 13.2. The minimum Gasteiger partial charge on any atom is -0.442 e. The summed E-state index contributed by atoms with van der Waals surface area (Å²) < 4.78 is 5.41. The largest absolute Gasteiger partial charge is 0.442 e. The van der Waals surface area contributed by atoms with Gasteiger partial charge in [0, 0.05) is 19.3 Å². The molecule has 3 heterocycles. The molecule has 1 aromatic carbocycles. The van der Waals surface area contributed by atoms with Crippen molar-refractivity contribution in [2.75, 3.05) is 11.4 Å². The van der Waals surface area contributed by atoms with Gasteiger partial charge < -0.3 is 10.1 Å². The Morgan fingerprint density at radius 2 is 2.25 bits per heavy atom. The van der Waals surface area contributed by atoms with E-state index in [-0.39, 0.29) is 24.1 Å². The Morgan fingerprint density at radius 3 is 3.00 bits per heavy atom. The summed E-state index contributed by atoms with van der Waals surface area (Å²) in [5, 5.41) is 2.73. The van der Waals surface area contributed by atoms with Gasteiger partial charge in [-0.25, -0.2) is 4.79 Å². The van der Waals surface area contributed by atoms with Crippen LogP contribution in [0.15, 0.2) is 42.7 Å². The number of benzene rings is 1. The van der Waals surface area contributed by atoms with Gasteiger partial charge in [0.1, 0.15) is 6.10 Å². The van der Waals surface area contributed by atoms with Gasteiger partial charge in [0.25, 0.3) is 0 Å². The first-order valence-corrected chi connectivity index (χ1v) is 7.91. The van der Waals surface area contributed by atoms with E-state index in [1.54, 1.807) is 11.1 Å². The van der Waals surface area contributed by atoms with Crippen molar-refractivity contribution in [3.63, 3.8) is 0 Å². The van der Waals surface area contributed by atoms with Gasteiger partial charge in [-0.2, -0.15) is 0 Å².